The van der Waals surface area contributed by atoms with Gasteiger partial charge < -0.3 is 10.1 Å². The number of nitrogens with one attached hydrogen (secondary N) is 1. The molecular weight excluding hydrogens is 424 g/mol. The highest BCUT2D eigenvalue weighted by atomic mass is 16.5. The quantitative estimate of drug-likeness (QED) is 0.409. The molecule has 0 unspecified atom stereocenters. The number of pyridine rings is 1. The van der Waals surface area contributed by atoms with Crippen LogP contribution in [0.15, 0.2) is 71.5 Å². The Labute approximate surface area is 200 Å². The number of anilines is 1. The van der Waals surface area contributed by atoms with Crippen molar-refractivity contribution in [2.75, 3.05) is 12.4 Å². The summed E-state index contributed by atoms with van der Waals surface area (Å²) in [6, 6.07) is 21.8. The highest BCUT2D eigenvalue weighted by Gasteiger charge is 2.14. The predicted molar refractivity (Wildman–Crippen MR) is 138 cm³/mol. The predicted octanol–water partition coefficient (Wildman–Crippen LogP) is 5.36. The zero-order chi connectivity index (χ0) is 24.2. The minimum atomic E-state index is -0.244. The maximum absolute atomic E-state index is 13.5. The number of carbonyl (C=O) groups excluding carboxylic acids is 1. The van der Waals surface area contributed by atoms with Gasteiger partial charge in [0.2, 0.25) is 5.91 Å². The van der Waals surface area contributed by atoms with Gasteiger partial charge in [-0.25, -0.2) is 0 Å². The molecule has 1 N–H and O–H groups in total. The fraction of sp³-hybridized carbons (Fsp3) is 0.241. The van der Waals surface area contributed by atoms with Crippen LogP contribution in [0.25, 0.3) is 10.9 Å². The van der Waals surface area contributed by atoms with E-state index in [9.17, 15) is 9.59 Å². The smallest absolute Gasteiger partial charge is 0.254 e. The van der Waals surface area contributed by atoms with Crippen LogP contribution in [-0.4, -0.2) is 17.6 Å². The minimum Gasteiger partial charge on any atom is -0.497 e. The maximum atomic E-state index is 13.5. The van der Waals surface area contributed by atoms with Crippen molar-refractivity contribution in [3.63, 3.8) is 0 Å². The number of ether oxygens (including phenoxy) is 1. The number of aryl methyl sites for hydroxylation is 5. The zero-order valence-corrected chi connectivity index (χ0v) is 20.1. The van der Waals surface area contributed by atoms with Gasteiger partial charge in [-0.3, -0.25) is 14.2 Å². The average molecular weight is 455 g/mol. The van der Waals surface area contributed by atoms with E-state index in [1.807, 2.05) is 50.2 Å². The monoisotopic (exact) mass is 454 g/mol. The van der Waals surface area contributed by atoms with Crippen LogP contribution < -0.4 is 15.6 Å². The van der Waals surface area contributed by atoms with Gasteiger partial charge in [0.25, 0.3) is 5.56 Å². The van der Waals surface area contributed by atoms with E-state index in [2.05, 4.69) is 42.6 Å². The van der Waals surface area contributed by atoms with Gasteiger partial charge in [0.05, 0.1) is 12.6 Å². The molecule has 4 aromatic rings. The van der Waals surface area contributed by atoms with Crippen LogP contribution in [-0.2, 0) is 24.2 Å². The standard InChI is InChI=1S/C29H30N2O3/c1-19-5-7-22(8-6-19)9-10-24-16-23-11-12-26(34-4)17-27(23)31(29(24)33)18-28(32)30-25-14-20(2)13-21(3)15-25/h5-8,11-17H,9-10,18H2,1-4H3,(H,30,32). The molecule has 0 radical (unpaired) electrons. The Bertz CT molecular complexity index is 1380. The third-order valence-electron chi connectivity index (χ3n) is 5.99. The normalized spacial score (nSPS) is 10.9. The fourth-order valence-corrected chi connectivity index (χ4v) is 4.30. The summed E-state index contributed by atoms with van der Waals surface area (Å²) >= 11 is 0. The second-order valence-electron chi connectivity index (χ2n) is 8.90. The molecule has 0 aliphatic carbocycles. The lowest BCUT2D eigenvalue weighted by molar-refractivity contribution is -0.116. The van der Waals surface area contributed by atoms with Crippen molar-refractivity contribution >= 4 is 22.5 Å². The van der Waals surface area contributed by atoms with Crippen molar-refractivity contribution in [2.45, 2.75) is 40.2 Å². The van der Waals surface area contributed by atoms with Crippen molar-refractivity contribution in [3.05, 3.63) is 105 Å². The van der Waals surface area contributed by atoms with Gasteiger partial charge in [-0.15, -0.1) is 0 Å². The molecule has 0 saturated heterocycles. The molecule has 34 heavy (non-hydrogen) atoms. The van der Waals surface area contributed by atoms with Crippen molar-refractivity contribution in [1.29, 1.82) is 0 Å². The van der Waals surface area contributed by atoms with Crippen molar-refractivity contribution in [3.8, 4) is 5.75 Å². The van der Waals surface area contributed by atoms with Gasteiger partial charge in [0.1, 0.15) is 12.3 Å². The van der Waals surface area contributed by atoms with Gasteiger partial charge >= 0.3 is 0 Å². The van der Waals surface area contributed by atoms with Crippen LogP contribution in [0, 0.1) is 20.8 Å². The third-order valence-corrected chi connectivity index (χ3v) is 5.99. The van der Waals surface area contributed by atoms with E-state index in [0.29, 0.717) is 23.3 Å². The van der Waals surface area contributed by atoms with Gasteiger partial charge in [0.15, 0.2) is 0 Å². The number of carbonyl (C=O) groups is 1. The highest BCUT2D eigenvalue weighted by molar-refractivity contribution is 5.92. The minimum absolute atomic E-state index is 0.0755. The number of hydrogen-bond donors (Lipinski definition) is 1. The van der Waals surface area contributed by atoms with Crippen LogP contribution in [0.5, 0.6) is 5.75 Å². The first kappa shape index (κ1) is 23.3. The number of amides is 1. The van der Waals surface area contributed by atoms with Crippen LogP contribution in [0.4, 0.5) is 5.69 Å². The van der Waals surface area contributed by atoms with E-state index in [1.165, 1.54) is 11.1 Å². The summed E-state index contributed by atoms with van der Waals surface area (Å²) in [7, 11) is 1.59. The average Bonchev–Trinajstić information content (AvgIpc) is 2.80. The first-order chi connectivity index (χ1) is 16.3. The van der Waals surface area contributed by atoms with E-state index >= 15 is 0 Å². The molecule has 0 spiro atoms. The number of nitrogens with zero attached hydrogens (tertiary/aromatic N) is 1. The summed E-state index contributed by atoms with van der Waals surface area (Å²) in [5.74, 6) is 0.398. The zero-order valence-electron chi connectivity index (χ0n) is 20.1. The molecule has 1 heterocycles. The topological polar surface area (TPSA) is 60.3 Å². The molecule has 4 rings (SSSR count). The van der Waals surface area contributed by atoms with Gasteiger partial charge in [-0.2, -0.15) is 0 Å². The third kappa shape index (κ3) is 5.37. The lowest BCUT2D eigenvalue weighted by atomic mass is 10.0. The second kappa shape index (κ2) is 9.96. The van der Waals surface area contributed by atoms with Crippen LogP contribution in [0.1, 0.15) is 27.8 Å². The molecule has 0 aliphatic heterocycles. The Hall–Kier alpha value is -3.86. The molecule has 0 bridgehead atoms. The van der Waals surface area contributed by atoms with Crippen molar-refractivity contribution < 1.29 is 9.53 Å². The van der Waals surface area contributed by atoms with Crippen molar-refractivity contribution in [2.24, 2.45) is 0 Å². The molecule has 3 aromatic carbocycles. The van der Waals surface area contributed by atoms with Crippen molar-refractivity contribution in [1.82, 2.24) is 4.57 Å². The van der Waals surface area contributed by atoms with E-state index in [1.54, 1.807) is 11.7 Å². The molecule has 0 aliphatic rings. The molecule has 1 aromatic heterocycles. The Morgan fingerprint density at radius 2 is 1.56 bits per heavy atom. The molecule has 5 heteroatoms. The first-order valence-corrected chi connectivity index (χ1v) is 11.5. The van der Waals surface area contributed by atoms with Gasteiger partial charge in [-0.1, -0.05) is 35.9 Å². The number of fused-ring (bicyclic) bond motifs is 1. The number of aromatic nitrogens is 1. The van der Waals surface area contributed by atoms with Gasteiger partial charge in [-0.05, 0) is 86.0 Å². The summed E-state index contributed by atoms with van der Waals surface area (Å²) in [5, 5.41) is 3.85. The molecule has 0 atom stereocenters. The fourth-order valence-electron chi connectivity index (χ4n) is 4.30. The highest BCUT2D eigenvalue weighted by Crippen LogP contribution is 2.22. The summed E-state index contributed by atoms with van der Waals surface area (Å²) in [5.41, 5.74) is 6.48. The Morgan fingerprint density at radius 3 is 2.24 bits per heavy atom. The Balaban J connectivity index is 1.67. The number of benzene rings is 3. The SMILES string of the molecule is COc1ccc2cc(CCc3ccc(C)cc3)c(=O)n(CC(=O)Nc3cc(C)cc(C)c3)c2c1. The number of rotatable bonds is 7. The molecular formula is C29H30N2O3. The molecule has 0 saturated carbocycles. The summed E-state index contributed by atoms with van der Waals surface area (Å²) in [4.78, 5) is 26.5. The van der Waals surface area contributed by atoms with Crippen LogP contribution in [0.2, 0.25) is 0 Å². The summed E-state index contributed by atoms with van der Waals surface area (Å²) in [6.07, 6.45) is 1.36. The van der Waals surface area contributed by atoms with E-state index in [0.717, 1.165) is 28.6 Å². The number of hydrogen-bond acceptors (Lipinski definition) is 3. The van der Waals surface area contributed by atoms with Crippen LogP contribution >= 0.6 is 0 Å². The van der Waals surface area contributed by atoms with Gasteiger partial charge in [0, 0.05) is 17.3 Å². The first-order valence-electron chi connectivity index (χ1n) is 11.5. The number of methoxy groups -OCH3 is 1. The summed E-state index contributed by atoms with van der Waals surface area (Å²) < 4.78 is 6.93. The molecule has 0 fully saturated rings. The Kier molecular flexibility index (Phi) is 6.82. The Morgan fingerprint density at radius 1 is 0.853 bits per heavy atom. The largest absolute Gasteiger partial charge is 0.497 e. The van der Waals surface area contributed by atoms with E-state index in [4.69, 9.17) is 4.74 Å². The summed E-state index contributed by atoms with van der Waals surface area (Å²) in [6.45, 7) is 5.96. The maximum Gasteiger partial charge on any atom is 0.254 e. The molecule has 5 nitrogen and oxygen atoms in total. The van der Waals surface area contributed by atoms with E-state index < -0.39 is 0 Å². The molecule has 174 valence electrons. The lowest BCUT2D eigenvalue weighted by Gasteiger charge is -2.15. The lowest BCUT2D eigenvalue weighted by Crippen LogP contribution is -2.30. The molecule has 1 amide bonds. The van der Waals surface area contributed by atoms with E-state index in [-0.39, 0.29) is 18.0 Å². The van der Waals surface area contributed by atoms with Crippen LogP contribution in [0.3, 0.4) is 0 Å². The second-order valence-corrected chi connectivity index (χ2v) is 8.90.